The van der Waals surface area contributed by atoms with Gasteiger partial charge in [0, 0.05) is 20.4 Å². The van der Waals surface area contributed by atoms with Gasteiger partial charge in [0.25, 0.3) is 0 Å². The zero-order chi connectivity index (χ0) is 7.14. The number of ether oxygens (including phenoxy) is 2. The first-order valence-electron chi connectivity index (χ1n) is 3.42. The van der Waals surface area contributed by atoms with Crippen molar-refractivity contribution in [2.45, 2.75) is 24.4 Å². The molecule has 2 aliphatic heterocycles. The number of aliphatic hydroxyl groups is 1. The second kappa shape index (κ2) is 3.48. The van der Waals surface area contributed by atoms with Crippen molar-refractivity contribution in [1.82, 2.24) is 0 Å². The average molecular weight is 330 g/mol. The molecular weight excluding hydrogens is 320 g/mol. The zero-order valence-electron chi connectivity index (χ0n) is 5.87. The van der Waals surface area contributed by atoms with Crippen molar-refractivity contribution in [3.05, 3.63) is 5.73 Å². The van der Waals surface area contributed by atoms with E-state index in [0.717, 1.165) is 0 Å². The van der Waals surface area contributed by atoms with Crippen molar-refractivity contribution < 1.29 is 35.0 Å². The molecule has 11 heavy (non-hydrogen) atoms. The Morgan fingerprint density at radius 1 is 1.64 bits per heavy atom. The van der Waals surface area contributed by atoms with Crippen LogP contribution >= 0.6 is 0 Å². The van der Waals surface area contributed by atoms with Crippen LogP contribution in [0.1, 0.15) is 0 Å². The SMILES string of the molecule is [NH-]C[C@@H](O)[C@H]1OC[C@@H]2O[C@H]12.[Re]. The van der Waals surface area contributed by atoms with Crippen LogP contribution in [0.25, 0.3) is 5.73 Å². The molecule has 0 aromatic rings. The van der Waals surface area contributed by atoms with Crippen molar-refractivity contribution in [2.75, 3.05) is 13.2 Å². The molecule has 2 heterocycles. The number of rotatable bonds is 2. The monoisotopic (exact) mass is 331 g/mol. The molecule has 2 saturated heterocycles. The van der Waals surface area contributed by atoms with Crippen molar-refractivity contribution >= 4 is 0 Å². The van der Waals surface area contributed by atoms with E-state index in [-0.39, 0.29) is 45.3 Å². The molecule has 2 aliphatic rings. The van der Waals surface area contributed by atoms with Crippen LogP contribution in [0.2, 0.25) is 0 Å². The number of hydrogen-bond donors (Lipinski definition) is 1. The number of hydrogen-bond acceptors (Lipinski definition) is 3. The molecule has 0 unspecified atom stereocenters. The zero-order valence-corrected chi connectivity index (χ0v) is 8.58. The summed E-state index contributed by atoms with van der Waals surface area (Å²) in [6, 6.07) is 0. The van der Waals surface area contributed by atoms with Gasteiger partial charge in [-0.15, -0.1) is 6.54 Å². The fraction of sp³-hybridized carbons (Fsp3) is 1.00. The Labute approximate surface area is 78.7 Å². The molecule has 0 aliphatic carbocycles. The van der Waals surface area contributed by atoms with Crippen molar-refractivity contribution in [2.24, 2.45) is 0 Å². The Morgan fingerprint density at radius 2 is 2.36 bits per heavy atom. The van der Waals surface area contributed by atoms with Crippen molar-refractivity contribution in [3.63, 3.8) is 0 Å². The summed E-state index contributed by atoms with van der Waals surface area (Å²) < 4.78 is 10.3. The summed E-state index contributed by atoms with van der Waals surface area (Å²) in [5, 5.41) is 9.16. The molecule has 5 heteroatoms. The molecule has 0 bridgehead atoms. The average Bonchev–Trinajstić information content (AvgIpc) is 2.62. The molecule has 1 radical (unpaired) electrons. The third kappa shape index (κ3) is 1.64. The van der Waals surface area contributed by atoms with Gasteiger partial charge in [-0.3, -0.25) is 0 Å². The molecule has 2 fully saturated rings. The first-order chi connectivity index (χ1) is 4.83. The quantitative estimate of drug-likeness (QED) is 0.699. The van der Waals surface area contributed by atoms with E-state index < -0.39 is 6.10 Å². The molecule has 65 valence electrons. The van der Waals surface area contributed by atoms with Crippen LogP contribution in [-0.4, -0.2) is 42.7 Å². The third-order valence-corrected chi connectivity index (χ3v) is 1.99. The van der Waals surface area contributed by atoms with Crippen LogP contribution in [0, 0.1) is 0 Å². The Bertz CT molecular complexity index is 146. The molecule has 0 aromatic heterocycles. The maximum Gasteiger partial charge on any atom is 0.115 e. The summed E-state index contributed by atoms with van der Waals surface area (Å²) in [5.41, 5.74) is 6.90. The van der Waals surface area contributed by atoms with Gasteiger partial charge in [0.15, 0.2) is 0 Å². The smallest absolute Gasteiger partial charge is 0.115 e. The first-order valence-corrected chi connectivity index (χ1v) is 3.42. The molecule has 2 rings (SSSR count). The summed E-state index contributed by atoms with van der Waals surface area (Å²) in [6.45, 7) is 0.587. The van der Waals surface area contributed by atoms with E-state index >= 15 is 0 Å². The van der Waals surface area contributed by atoms with Crippen LogP contribution in [0.15, 0.2) is 0 Å². The third-order valence-electron chi connectivity index (χ3n) is 1.99. The van der Waals surface area contributed by atoms with Gasteiger partial charge in [0.1, 0.15) is 18.3 Å². The molecule has 2 N–H and O–H groups in total. The second-order valence-corrected chi connectivity index (χ2v) is 2.71. The van der Waals surface area contributed by atoms with Crippen molar-refractivity contribution in [3.8, 4) is 0 Å². The van der Waals surface area contributed by atoms with Crippen LogP contribution in [0.5, 0.6) is 0 Å². The standard InChI is InChI=1S/C6H10NO3.Re/c7-1-3(8)5-6-4(10-6)2-9-5;/h3-8H,1-2H2;/q-1;/t3-,4+,5-,6+;/m1./s1. The maximum atomic E-state index is 9.16. The Morgan fingerprint density at radius 3 is 2.73 bits per heavy atom. The van der Waals surface area contributed by atoms with Gasteiger partial charge in [-0.05, 0) is 0 Å². The summed E-state index contributed by atoms with van der Waals surface area (Å²) >= 11 is 0. The minimum absolute atomic E-state index is 0. The Hall–Kier alpha value is 0.502. The van der Waals surface area contributed by atoms with E-state index in [4.69, 9.17) is 20.3 Å². The Kier molecular flexibility index (Phi) is 3.04. The van der Waals surface area contributed by atoms with Crippen LogP contribution < -0.4 is 0 Å². The number of fused-ring (bicyclic) bond motifs is 1. The summed E-state index contributed by atoms with van der Waals surface area (Å²) in [7, 11) is 0. The molecule has 0 saturated carbocycles. The van der Waals surface area contributed by atoms with Gasteiger partial charge < -0.3 is 20.3 Å². The minimum Gasteiger partial charge on any atom is -0.675 e. The van der Waals surface area contributed by atoms with Gasteiger partial charge in [-0.2, -0.15) is 0 Å². The van der Waals surface area contributed by atoms with E-state index in [1.165, 1.54) is 0 Å². The summed E-state index contributed by atoms with van der Waals surface area (Å²) in [6.07, 6.45) is -0.605. The fourth-order valence-electron chi connectivity index (χ4n) is 1.33. The van der Waals surface area contributed by atoms with Crippen LogP contribution in [0.4, 0.5) is 0 Å². The predicted molar refractivity (Wildman–Crippen MR) is 33.6 cm³/mol. The van der Waals surface area contributed by atoms with Crippen molar-refractivity contribution in [1.29, 1.82) is 0 Å². The maximum absolute atomic E-state index is 9.16. The Balaban J connectivity index is 0.000000605. The van der Waals surface area contributed by atoms with Gasteiger partial charge in [0.2, 0.25) is 0 Å². The molecule has 0 amide bonds. The van der Waals surface area contributed by atoms with Gasteiger partial charge in [-0.25, -0.2) is 0 Å². The van der Waals surface area contributed by atoms with E-state index in [9.17, 15) is 0 Å². The molecule has 0 aromatic carbocycles. The van der Waals surface area contributed by atoms with Gasteiger partial charge in [-0.1, -0.05) is 0 Å². The molecule has 4 nitrogen and oxygen atoms in total. The number of nitrogens with one attached hydrogen (secondary N) is 1. The van der Waals surface area contributed by atoms with Crippen LogP contribution in [-0.2, 0) is 29.9 Å². The topological polar surface area (TPSA) is 65.8 Å². The first kappa shape index (κ1) is 9.59. The van der Waals surface area contributed by atoms with E-state index in [1.807, 2.05) is 0 Å². The summed E-state index contributed by atoms with van der Waals surface area (Å²) in [5.74, 6) is 0. The molecule has 0 spiro atoms. The molecular formula is C6H10NO3Re-. The van der Waals surface area contributed by atoms with Crippen LogP contribution in [0.3, 0.4) is 0 Å². The molecule has 4 atom stereocenters. The second-order valence-electron chi connectivity index (χ2n) is 2.71. The van der Waals surface area contributed by atoms with E-state index in [0.29, 0.717) is 6.61 Å². The normalized spacial score (nSPS) is 42.5. The fourth-order valence-corrected chi connectivity index (χ4v) is 1.33. The van der Waals surface area contributed by atoms with E-state index in [1.54, 1.807) is 0 Å². The largest absolute Gasteiger partial charge is 0.675 e. The van der Waals surface area contributed by atoms with E-state index in [2.05, 4.69) is 0 Å². The van der Waals surface area contributed by atoms with Gasteiger partial charge in [0.05, 0.1) is 12.7 Å². The minimum atomic E-state index is -0.669. The van der Waals surface area contributed by atoms with Gasteiger partial charge >= 0.3 is 0 Å². The summed E-state index contributed by atoms with van der Waals surface area (Å²) in [4.78, 5) is 0. The number of aliphatic hydroxyl groups excluding tert-OH is 1. The predicted octanol–water partition coefficient (Wildman–Crippen LogP) is -0.437. The number of epoxide rings is 1.